The van der Waals surface area contributed by atoms with Gasteiger partial charge < -0.3 is 10.2 Å². The quantitative estimate of drug-likeness (QED) is 0.924. The minimum absolute atomic E-state index is 0.0844. The minimum atomic E-state index is -0.0844. The molecule has 2 aliphatic rings. The molecule has 0 radical (unpaired) electrons. The van der Waals surface area contributed by atoms with E-state index in [9.17, 15) is 4.39 Å². The van der Waals surface area contributed by atoms with E-state index in [4.69, 9.17) is 0 Å². The van der Waals surface area contributed by atoms with E-state index < -0.39 is 0 Å². The van der Waals surface area contributed by atoms with Crippen molar-refractivity contribution in [1.29, 1.82) is 0 Å². The van der Waals surface area contributed by atoms with Crippen molar-refractivity contribution in [1.82, 2.24) is 10.2 Å². The Morgan fingerprint density at radius 1 is 1.24 bits per heavy atom. The van der Waals surface area contributed by atoms with Crippen molar-refractivity contribution in [2.24, 2.45) is 0 Å². The molecule has 3 nitrogen and oxygen atoms in total. The summed E-state index contributed by atoms with van der Waals surface area (Å²) in [5.41, 5.74) is 1.88. The highest BCUT2D eigenvalue weighted by Gasteiger charge is 2.31. The third kappa shape index (κ3) is 2.92. The summed E-state index contributed by atoms with van der Waals surface area (Å²) in [6.45, 7) is 6.27. The molecule has 21 heavy (non-hydrogen) atoms. The van der Waals surface area contributed by atoms with Crippen molar-refractivity contribution >= 4 is 5.69 Å². The summed E-state index contributed by atoms with van der Waals surface area (Å²) >= 11 is 0. The fourth-order valence-electron chi connectivity index (χ4n) is 3.73. The van der Waals surface area contributed by atoms with Crippen molar-refractivity contribution in [2.45, 2.75) is 38.3 Å². The second-order valence-corrected chi connectivity index (χ2v) is 6.32. The summed E-state index contributed by atoms with van der Waals surface area (Å²) < 4.78 is 14.5. The molecule has 0 aromatic heterocycles. The van der Waals surface area contributed by atoms with Gasteiger partial charge >= 0.3 is 0 Å². The lowest BCUT2D eigenvalue weighted by molar-refractivity contribution is 0.133. The van der Waals surface area contributed by atoms with Crippen molar-refractivity contribution in [3.05, 3.63) is 29.6 Å². The smallest absolute Gasteiger partial charge is 0.146 e. The van der Waals surface area contributed by atoms with Crippen LogP contribution in [0.25, 0.3) is 0 Å². The van der Waals surface area contributed by atoms with Gasteiger partial charge in [-0.1, -0.05) is 18.6 Å². The molecule has 1 N–H and O–H groups in total. The number of rotatable bonds is 3. The Hall–Kier alpha value is -1.13. The number of hydrogen-bond acceptors (Lipinski definition) is 3. The maximum Gasteiger partial charge on any atom is 0.146 e. The van der Waals surface area contributed by atoms with Gasteiger partial charge in [-0.2, -0.15) is 0 Å². The topological polar surface area (TPSA) is 18.5 Å². The second kappa shape index (κ2) is 6.32. The molecule has 2 fully saturated rings. The highest BCUT2D eigenvalue weighted by atomic mass is 19.1. The predicted octanol–water partition coefficient (Wildman–Crippen LogP) is 2.78. The van der Waals surface area contributed by atoms with E-state index in [1.807, 2.05) is 19.2 Å². The number of piperazine rings is 1. The Balaban J connectivity index is 1.86. The van der Waals surface area contributed by atoms with Crippen LogP contribution in [0.5, 0.6) is 0 Å². The first-order valence-electron chi connectivity index (χ1n) is 8.15. The van der Waals surface area contributed by atoms with Gasteiger partial charge in [0.25, 0.3) is 0 Å². The zero-order chi connectivity index (χ0) is 14.8. The molecule has 1 aromatic carbocycles. The van der Waals surface area contributed by atoms with E-state index in [2.05, 4.69) is 22.0 Å². The van der Waals surface area contributed by atoms with Gasteiger partial charge in [0.2, 0.25) is 0 Å². The van der Waals surface area contributed by atoms with Crippen molar-refractivity contribution in [3.63, 3.8) is 0 Å². The predicted molar refractivity (Wildman–Crippen MR) is 85.3 cm³/mol. The van der Waals surface area contributed by atoms with E-state index in [-0.39, 0.29) is 11.9 Å². The average Bonchev–Trinajstić information content (AvgIpc) is 2.53. The van der Waals surface area contributed by atoms with Crippen LogP contribution < -0.4 is 10.2 Å². The minimum Gasteiger partial charge on any atom is -0.366 e. The van der Waals surface area contributed by atoms with Gasteiger partial charge in [0, 0.05) is 31.7 Å². The molecule has 0 saturated carbocycles. The van der Waals surface area contributed by atoms with Crippen LogP contribution in [0.2, 0.25) is 0 Å². The highest BCUT2D eigenvalue weighted by Crippen LogP contribution is 2.32. The first-order valence-corrected chi connectivity index (χ1v) is 8.15. The molecule has 0 aliphatic carbocycles. The molecule has 3 rings (SSSR count). The Morgan fingerprint density at radius 2 is 2.10 bits per heavy atom. The number of fused-ring (bicyclic) bond motifs is 1. The molecule has 2 atom stereocenters. The molecule has 2 heterocycles. The zero-order valence-corrected chi connectivity index (χ0v) is 13.1. The molecule has 0 spiro atoms. The molecule has 0 amide bonds. The number of nitrogens with zero attached hydrogens (tertiary/aromatic N) is 2. The van der Waals surface area contributed by atoms with Crippen LogP contribution in [0, 0.1) is 5.82 Å². The molecule has 2 unspecified atom stereocenters. The van der Waals surface area contributed by atoms with Crippen molar-refractivity contribution < 1.29 is 4.39 Å². The van der Waals surface area contributed by atoms with Crippen LogP contribution in [0.15, 0.2) is 18.2 Å². The molecule has 2 saturated heterocycles. The average molecular weight is 291 g/mol. The maximum absolute atomic E-state index is 14.5. The van der Waals surface area contributed by atoms with Crippen LogP contribution in [-0.2, 0) is 0 Å². The monoisotopic (exact) mass is 291 g/mol. The van der Waals surface area contributed by atoms with Crippen LogP contribution >= 0.6 is 0 Å². The Morgan fingerprint density at radius 3 is 2.90 bits per heavy atom. The Bertz CT molecular complexity index is 491. The standard InChI is InChI=1S/C17H26FN3/c1-13(19-2)15-7-5-8-16(18)17(15)21-11-10-20-9-4-3-6-14(20)12-21/h5,7-8,13-14,19H,3-4,6,9-12H2,1-2H3. The van der Waals surface area contributed by atoms with E-state index in [0.717, 1.165) is 30.9 Å². The molecule has 0 bridgehead atoms. The van der Waals surface area contributed by atoms with Crippen LogP contribution in [0.1, 0.15) is 37.8 Å². The van der Waals surface area contributed by atoms with Gasteiger partial charge in [0.15, 0.2) is 0 Å². The lowest BCUT2D eigenvalue weighted by Crippen LogP contribution is -2.55. The summed E-state index contributed by atoms with van der Waals surface area (Å²) in [7, 11) is 1.93. The largest absolute Gasteiger partial charge is 0.366 e. The third-order valence-electron chi connectivity index (χ3n) is 5.07. The van der Waals surface area contributed by atoms with E-state index in [1.54, 1.807) is 6.07 Å². The Labute approximate surface area is 127 Å². The summed E-state index contributed by atoms with van der Waals surface area (Å²) in [4.78, 5) is 4.85. The number of para-hydroxylation sites is 1. The van der Waals surface area contributed by atoms with Crippen molar-refractivity contribution in [2.75, 3.05) is 38.1 Å². The van der Waals surface area contributed by atoms with Gasteiger partial charge in [-0.05, 0) is 45.0 Å². The number of hydrogen-bond donors (Lipinski definition) is 1. The lowest BCUT2D eigenvalue weighted by Gasteiger charge is -2.45. The van der Waals surface area contributed by atoms with Gasteiger partial charge in [-0.25, -0.2) is 4.39 Å². The summed E-state index contributed by atoms with van der Waals surface area (Å²) in [5, 5.41) is 3.24. The number of anilines is 1. The highest BCUT2D eigenvalue weighted by molar-refractivity contribution is 5.56. The summed E-state index contributed by atoms with van der Waals surface area (Å²) in [6, 6.07) is 6.23. The van der Waals surface area contributed by atoms with E-state index in [1.165, 1.54) is 25.8 Å². The first-order chi connectivity index (χ1) is 10.2. The maximum atomic E-state index is 14.5. The normalized spacial score (nSPS) is 24.7. The molecule has 4 heteroatoms. The first kappa shape index (κ1) is 14.8. The van der Waals surface area contributed by atoms with Gasteiger partial charge in [0.1, 0.15) is 5.82 Å². The molecule has 2 aliphatic heterocycles. The van der Waals surface area contributed by atoms with Gasteiger partial charge in [0.05, 0.1) is 5.69 Å². The number of piperidine rings is 1. The van der Waals surface area contributed by atoms with Crippen LogP contribution in [0.3, 0.4) is 0 Å². The number of benzene rings is 1. The summed E-state index contributed by atoms with van der Waals surface area (Å²) in [5.74, 6) is -0.0844. The number of halogens is 1. The summed E-state index contributed by atoms with van der Waals surface area (Å²) in [6.07, 6.45) is 3.88. The third-order valence-corrected chi connectivity index (χ3v) is 5.07. The van der Waals surface area contributed by atoms with Crippen LogP contribution in [0.4, 0.5) is 10.1 Å². The Kier molecular flexibility index (Phi) is 4.45. The number of nitrogens with one attached hydrogen (secondary N) is 1. The van der Waals surface area contributed by atoms with E-state index in [0.29, 0.717) is 6.04 Å². The van der Waals surface area contributed by atoms with Gasteiger partial charge in [-0.3, -0.25) is 4.90 Å². The molecular weight excluding hydrogens is 265 g/mol. The second-order valence-electron chi connectivity index (χ2n) is 6.32. The van der Waals surface area contributed by atoms with Crippen molar-refractivity contribution in [3.8, 4) is 0 Å². The van der Waals surface area contributed by atoms with E-state index >= 15 is 0 Å². The lowest BCUT2D eigenvalue weighted by atomic mass is 9.97. The van der Waals surface area contributed by atoms with Crippen LogP contribution in [-0.4, -0.2) is 44.2 Å². The van der Waals surface area contributed by atoms with Gasteiger partial charge in [-0.15, -0.1) is 0 Å². The zero-order valence-electron chi connectivity index (χ0n) is 13.1. The molecular formula is C17H26FN3. The fourth-order valence-corrected chi connectivity index (χ4v) is 3.73. The fraction of sp³-hybridized carbons (Fsp3) is 0.647. The SMILES string of the molecule is CNC(C)c1cccc(F)c1N1CCN2CCCCC2C1. The molecule has 116 valence electrons. The molecule has 1 aromatic rings.